The van der Waals surface area contributed by atoms with Gasteiger partial charge >= 0.3 is 0 Å². The second-order valence-electron chi connectivity index (χ2n) is 11.7. The van der Waals surface area contributed by atoms with Crippen molar-refractivity contribution in [2.24, 2.45) is 0 Å². The van der Waals surface area contributed by atoms with E-state index in [9.17, 15) is 9.59 Å². The van der Waals surface area contributed by atoms with Crippen LogP contribution in [0.4, 0.5) is 11.4 Å². The monoisotopic (exact) mass is 580 g/mol. The molecule has 1 saturated heterocycles. The number of ether oxygens (including phenoxy) is 1. The number of hydrogen-bond donors (Lipinski definition) is 0. The van der Waals surface area contributed by atoms with Crippen LogP contribution in [-0.2, 0) is 19.9 Å². The summed E-state index contributed by atoms with van der Waals surface area (Å²) in [4.78, 5) is 30.8. The summed E-state index contributed by atoms with van der Waals surface area (Å²) in [5, 5.41) is 0.693. The Kier molecular flexibility index (Phi) is 5.83. The van der Waals surface area contributed by atoms with Crippen molar-refractivity contribution in [3.63, 3.8) is 0 Å². The highest BCUT2D eigenvalue weighted by molar-refractivity contribution is 8.02. The lowest BCUT2D eigenvalue weighted by Crippen LogP contribution is -2.58. The van der Waals surface area contributed by atoms with Crippen molar-refractivity contribution < 1.29 is 14.3 Å². The summed E-state index contributed by atoms with van der Waals surface area (Å²) in [5.41, 5.74) is 3.85. The van der Waals surface area contributed by atoms with E-state index in [-0.39, 0.29) is 23.0 Å². The van der Waals surface area contributed by atoms with Crippen LogP contribution < -0.4 is 14.5 Å². The minimum absolute atomic E-state index is 0.0661. The largest absolute Gasteiger partial charge is 0.457 e. The van der Waals surface area contributed by atoms with Gasteiger partial charge in [0.2, 0.25) is 10.8 Å². The average Bonchev–Trinajstić information content (AvgIpc) is 3.44. The van der Waals surface area contributed by atoms with Gasteiger partial charge < -0.3 is 9.64 Å². The molecule has 3 heterocycles. The number of fused-ring (bicyclic) bond motifs is 1. The zero-order chi connectivity index (χ0) is 28.6. The smallest absolute Gasteiger partial charge is 0.269 e. The molecule has 4 aromatic carbocycles. The summed E-state index contributed by atoms with van der Waals surface area (Å²) in [6, 6.07) is 31.2. The maximum Gasteiger partial charge on any atom is 0.269 e. The van der Waals surface area contributed by atoms with Gasteiger partial charge in [-0.2, -0.15) is 0 Å². The molecule has 1 fully saturated rings. The molecule has 3 aliphatic rings. The van der Waals surface area contributed by atoms with Crippen molar-refractivity contribution in [1.29, 1.82) is 0 Å². The summed E-state index contributed by atoms with van der Waals surface area (Å²) >= 11 is 7.66. The van der Waals surface area contributed by atoms with Crippen LogP contribution in [0, 0.1) is 0 Å². The van der Waals surface area contributed by atoms with Gasteiger partial charge in [0.25, 0.3) is 5.91 Å². The van der Waals surface area contributed by atoms with Gasteiger partial charge in [-0.15, -0.1) is 11.8 Å². The second kappa shape index (κ2) is 9.13. The molecule has 7 heteroatoms. The van der Waals surface area contributed by atoms with Gasteiger partial charge in [0, 0.05) is 27.2 Å². The lowest BCUT2D eigenvalue weighted by Gasteiger charge is -2.50. The van der Waals surface area contributed by atoms with Crippen molar-refractivity contribution in [2.45, 2.75) is 43.0 Å². The molecule has 5 nitrogen and oxygen atoms in total. The van der Waals surface area contributed by atoms with Crippen LogP contribution in [0.25, 0.3) is 0 Å². The molecule has 0 aromatic heterocycles. The number of anilines is 2. The first kappa shape index (κ1) is 26.2. The van der Waals surface area contributed by atoms with Crippen molar-refractivity contribution in [2.75, 3.05) is 15.6 Å². The molecule has 2 atom stereocenters. The fourth-order valence-electron chi connectivity index (χ4n) is 7.00. The van der Waals surface area contributed by atoms with E-state index in [0.29, 0.717) is 16.5 Å². The molecule has 0 bridgehead atoms. The topological polar surface area (TPSA) is 49.9 Å². The molecule has 2 amide bonds. The highest BCUT2D eigenvalue weighted by Crippen LogP contribution is 2.63. The first-order valence-corrected chi connectivity index (χ1v) is 15.1. The number of hydrogen-bond acceptors (Lipinski definition) is 4. The maximum atomic E-state index is 14.7. The highest BCUT2D eigenvalue weighted by Gasteiger charge is 2.65. The molecule has 1 spiro atoms. The van der Waals surface area contributed by atoms with Gasteiger partial charge in [-0.25, -0.2) is 0 Å². The van der Waals surface area contributed by atoms with Crippen LogP contribution in [-0.4, -0.2) is 23.1 Å². The van der Waals surface area contributed by atoms with E-state index < -0.39 is 10.4 Å². The second-order valence-corrected chi connectivity index (χ2v) is 13.3. The summed E-state index contributed by atoms with van der Waals surface area (Å²) < 4.78 is 5.98. The quantitative estimate of drug-likeness (QED) is 0.246. The Morgan fingerprint density at radius 1 is 0.756 bits per heavy atom. The van der Waals surface area contributed by atoms with Gasteiger partial charge in [0.1, 0.15) is 11.5 Å². The van der Waals surface area contributed by atoms with Crippen LogP contribution in [0.15, 0.2) is 97.1 Å². The Bertz CT molecular complexity index is 1690. The summed E-state index contributed by atoms with van der Waals surface area (Å²) in [7, 11) is 0. The molecule has 7 rings (SSSR count). The van der Waals surface area contributed by atoms with Crippen LogP contribution in [0.5, 0.6) is 11.5 Å². The first-order chi connectivity index (χ1) is 19.6. The number of thioether (sulfide) groups is 1. The van der Waals surface area contributed by atoms with E-state index >= 15 is 0 Å². The fourth-order valence-corrected chi connectivity index (χ4v) is 8.46. The van der Waals surface area contributed by atoms with Gasteiger partial charge in [-0.05, 0) is 79.9 Å². The molecule has 0 saturated carbocycles. The van der Waals surface area contributed by atoms with E-state index in [2.05, 4.69) is 39.0 Å². The minimum Gasteiger partial charge on any atom is -0.457 e. The standard InChI is InChI=1S/C34H29ClN2O3S/c1-32(2)21-33(3,22-12-14-23(35)15-13-22)27-10-7-11-28-30(27)37(32)31(39)34(28)36(29(38)20-41-34)24-16-18-26(19-17-24)40-25-8-5-4-6-9-25/h4-19H,20-21H2,1-3H3/t33-,34-/m0/s1. The zero-order valence-electron chi connectivity index (χ0n) is 23.1. The third kappa shape index (κ3) is 3.77. The zero-order valence-corrected chi connectivity index (χ0v) is 24.6. The van der Waals surface area contributed by atoms with Crippen molar-refractivity contribution in [3.05, 3.63) is 119 Å². The molecule has 0 aliphatic carbocycles. The number of amides is 2. The molecule has 4 aromatic rings. The number of benzene rings is 4. The van der Waals surface area contributed by atoms with Crippen LogP contribution in [0.1, 0.15) is 43.9 Å². The van der Waals surface area contributed by atoms with Crippen LogP contribution in [0.2, 0.25) is 5.02 Å². The van der Waals surface area contributed by atoms with Crippen molar-refractivity contribution >= 4 is 46.6 Å². The van der Waals surface area contributed by atoms with E-state index in [1.54, 1.807) is 4.90 Å². The molecular weight excluding hydrogens is 552 g/mol. The van der Waals surface area contributed by atoms with Gasteiger partial charge in [0.15, 0.2) is 0 Å². The minimum atomic E-state index is -1.17. The summed E-state index contributed by atoms with van der Waals surface area (Å²) in [6.07, 6.45) is 0.726. The SMILES string of the molecule is CC1(C)C[C@@](C)(c2ccc(Cl)cc2)c2cccc3c2N1C(=O)[C@@]31SCC(=O)N1c1ccc(Oc2ccccc2)cc1. The Morgan fingerprint density at radius 2 is 1.41 bits per heavy atom. The van der Waals surface area contributed by atoms with Crippen molar-refractivity contribution in [3.8, 4) is 11.5 Å². The molecule has 0 unspecified atom stereocenters. The predicted molar refractivity (Wildman–Crippen MR) is 165 cm³/mol. The molecule has 0 radical (unpaired) electrons. The Labute approximate surface area is 249 Å². The number of halogens is 1. The summed E-state index contributed by atoms with van der Waals surface area (Å²) in [5.74, 6) is 1.46. The average molecular weight is 581 g/mol. The fraction of sp³-hybridized carbons (Fsp3) is 0.235. The third-order valence-corrected chi connectivity index (χ3v) is 10.3. The highest BCUT2D eigenvalue weighted by atomic mass is 35.5. The Balaban J connectivity index is 1.36. The van der Waals surface area contributed by atoms with E-state index in [1.165, 1.54) is 11.8 Å². The van der Waals surface area contributed by atoms with Crippen LogP contribution in [0.3, 0.4) is 0 Å². The molecule has 206 valence electrons. The number of para-hydroxylation sites is 2. The molecule has 3 aliphatic heterocycles. The van der Waals surface area contributed by atoms with Gasteiger partial charge in [-0.1, -0.05) is 67.1 Å². The lowest BCUT2D eigenvalue weighted by molar-refractivity contribution is -0.124. The van der Waals surface area contributed by atoms with Crippen molar-refractivity contribution in [1.82, 2.24) is 0 Å². The Hall–Kier alpha value is -3.74. The summed E-state index contributed by atoms with van der Waals surface area (Å²) in [6.45, 7) is 6.50. The molecule has 41 heavy (non-hydrogen) atoms. The Morgan fingerprint density at radius 3 is 2.12 bits per heavy atom. The predicted octanol–water partition coefficient (Wildman–Crippen LogP) is 7.90. The normalized spacial score (nSPS) is 24.2. The lowest BCUT2D eigenvalue weighted by atomic mass is 9.65. The maximum absolute atomic E-state index is 14.7. The van der Waals surface area contributed by atoms with E-state index in [0.717, 1.165) is 34.5 Å². The van der Waals surface area contributed by atoms with Gasteiger partial charge in [0.05, 0.1) is 11.4 Å². The third-order valence-electron chi connectivity index (χ3n) is 8.63. The van der Waals surface area contributed by atoms with Crippen LogP contribution >= 0.6 is 23.4 Å². The van der Waals surface area contributed by atoms with E-state index in [1.807, 2.05) is 83.8 Å². The first-order valence-electron chi connectivity index (χ1n) is 13.7. The molecular formula is C34H29ClN2O3S. The number of carbonyl (C=O) groups is 2. The van der Waals surface area contributed by atoms with Gasteiger partial charge in [-0.3, -0.25) is 14.5 Å². The number of rotatable bonds is 4. The van der Waals surface area contributed by atoms with E-state index in [4.69, 9.17) is 16.3 Å². The number of nitrogens with zero attached hydrogens (tertiary/aromatic N) is 2. The number of carbonyl (C=O) groups excluding carboxylic acids is 2. The molecule has 0 N–H and O–H groups in total.